The fraction of sp³-hybridized carbons (Fsp3) is 0.400. The van der Waals surface area contributed by atoms with E-state index in [9.17, 15) is 5.11 Å². The minimum atomic E-state index is 0.0876. The first-order valence-electron chi connectivity index (χ1n) is 8.35. The van der Waals surface area contributed by atoms with Crippen LogP contribution >= 0.6 is 0 Å². The molecule has 0 aromatic heterocycles. The SMILES string of the molecule is COc1cccc([C@@H]2CCCN([C@H](CO)c3ccccc3)C2)c1. The Morgan fingerprint density at radius 2 is 2.00 bits per heavy atom. The molecule has 1 N–H and O–H groups in total. The van der Waals surface area contributed by atoms with Gasteiger partial charge in [-0.05, 0) is 48.6 Å². The van der Waals surface area contributed by atoms with Crippen molar-refractivity contribution in [2.75, 3.05) is 26.8 Å². The lowest BCUT2D eigenvalue weighted by Gasteiger charge is -2.38. The van der Waals surface area contributed by atoms with Crippen LogP contribution < -0.4 is 4.74 Å². The van der Waals surface area contributed by atoms with E-state index in [1.54, 1.807) is 7.11 Å². The van der Waals surface area contributed by atoms with E-state index in [2.05, 4.69) is 35.2 Å². The molecule has 2 atom stereocenters. The van der Waals surface area contributed by atoms with E-state index in [1.165, 1.54) is 17.5 Å². The Hall–Kier alpha value is -1.84. The normalized spacial score (nSPS) is 20.2. The molecule has 1 aliphatic heterocycles. The molecular formula is C20H25NO2. The summed E-state index contributed by atoms with van der Waals surface area (Å²) in [5.41, 5.74) is 2.53. The molecule has 2 aromatic carbocycles. The number of methoxy groups -OCH3 is 1. The summed E-state index contributed by atoms with van der Waals surface area (Å²) in [6.45, 7) is 2.18. The third-order valence-electron chi connectivity index (χ3n) is 4.82. The molecule has 1 fully saturated rings. The van der Waals surface area contributed by atoms with Crippen molar-refractivity contribution in [3.8, 4) is 5.75 Å². The lowest BCUT2D eigenvalue weighted by atomic mass is 9.89. The second kappa shape index (κ2) is 7.62. The molecule has 0 amide bonds. The smallest absolute Gasteiger partial charge is 0.119 e. The van der Waals surface area contributed by atoms with Gasteiger partial charge in [-0.2, -0.15) is 0 Å². The summed E-state index contributed by atoms with van der Waals surface area (Å²) >= 11 is 0. The van der Waals surface area contributed by atoms with Gasteiger partial charge in [0.25, 0.3) is 0 Å². The van der Waals surface area contributed by atoms with Gasteiger partial charge in [0.05, 0.1) is 19.8 Å². The molecule has 3 rings (SSSR count). The third kappa shape index (κ3) is 3.74. The number of rotatable bonds is 5. The number of aliphatic hydroxyl groups is 1. The van der Waals surface area contributed by atoms with Crippen LogP contribution in [0.3, 0.4) is 0 Å². The van der Waals surface area contributed by atoms with Gasteiger partial charge in [0.2, 0.25) is 0 Å². The molecule has 0 bridgehead atoms. The molecule has 2 aromatic rings. The topological polar surface area (TPSA) is 32.7 Å². The molecule has 0 aliphatic carbocycles. The number of hydrogen-bond donors (Lipinski definition) is 1. The Morgan fingerprint density at radius 3 is 2.74 bits per heavy atom. The van der Waals surface area contributed by atoms with Crippen LogP contribution in [0.2, 0.25) is 0 Å². The Morgan fingerprint density at radius 1 is 1.17 bits per heavy atom. The summed E-state index contributed by atoms with van der Waals surface area (Å²) in [7, 11) is 1.71. The molecule has 0 spiro atoms. The van der Waals surface area contributed by atoms with Gasteiger partial charge in [-0.25, -0.2) is 0 Å². The molecule has 23 heavy (non-hydrogen) atoms. The largest absolute Gasteiger partial charge is 0.497 e. The Bertz CT molecular complexity index is 614. The van der Waals surface area contributed by atoms with Gasteiger partial charge in [0, 0.05) is 6.54 Å². The zero-order valence-electron chi connectivity index (χ0n) is 13.7. The molecule has 1 heterocycles. The van der Waals surface area contributed by atoms with E-state index in [0.717, 1.165) is 25.3 Å². The standard InChI is InChI=1S/C20H25NO2/c1-23-19-11-5-9-17(13-19)18-10-6-12-21(14-18)20(15-22)16-7-3-2-4-8-16/h2-5,7-9,11,13,18,20,22H,6,10,12,14-15H2,1H3/t18-,20-/m1/s1. The summed E-state index contributed by atoms with van der Waals surface area (Å²) in [5.74, 6) is 1.41. The minimum Gasteiger partial charge on any atom is -0.497 e. The van der Waals surface area contributed by atoms with Gasteiger partial charge in [-0.1, -0.05) is 42.5 Å². The van der Waals surface area contributed by atoms with Crippen molar-refractivity contribution >= 4 is 0 Å². The van der Waals surface area contributed by atoms with Crippen molar-refractivity contribution in [2.45, 2.75) is 24.8 Å². The first-order valence-corrected chi connectivity index (χ1v) is 8.35. The van der Waals surface area contributed by atoms with E-state index >= 15 is 0 Å². The van der Waals surface area contributed by atoms with E-state index in [-0.39, 0.29) is 12.6 Å². The second-order valence-corrected chi connectivity index (χ2v) is 6.22. The van der Waals surface area contributed by atoms with E-state index < -0.39 is 0 Å². The maximum absolute atomic E-state index is 9.91. The van der Waals surface area contributed by atoms with Crippen LogP contribution in [0.4, 0.5) is 0 Å². The summed E-state index contributed by atoms with van der Waals surface area (Å²) in [5, 5.41) is 9.91. The van der Waals surface area contributed by atoms with Gasteiger partial charge >= 0.3 is 0 Å². The van der Waals surface area contributed by atoms with Gasteiger partial charge in [-0.15, -0.1) is 0 Å². The highest BCUT2D eigenvalue weighted by molar-refractivity contribution is 5.31. The average molecular weight is 311 g/mol. The van der Waals surface area contributed by atoms with Crippen LogP contribution in [0.15, 0.2) is 54.6 Å². The van der Waals surface area contributed by atoms with E-state index in [0.29, 0.717) is 5.92 Å². The summed E-state index contributed by atoms with van der Waals surface area (Å²) in [6.07, 6.45) is 2.35. The van der Waals surface area contributed by atoms with Crippen LogP contribution in [0.25, 0.3) is 0 Å². The van der Waals surface area contributed by atoms with Crippen molar-refractivity contribution in [3.63, 3.8) is 0 Å². The fourth-order valence-corrected chi connectivity index (χ4v) is 3.56. The Labute approximate surface area is 138 Å². The average Bonchev–Trinajstić information content (AvgIpc) is 2.64. The number of benzene rings is 2. The van der Waals surface area contributed by atoms with Crippen molar-refractivity contribution in [2.24, 2.45) is 0 Å². The van der Waals surface area contributed by atoms with Crippen molar-refractivity contribution < 1.29 is 9.84 Å². The van der Waals surface area contributed by atoms with Gasteiger partial charge in [0.15, 0.2) is 0 Å². The molecule has 3 nitrogen and oxygen atoms in total. The monoisotopic (exact) mass is 311 g/mol. The summed E-state index contributed by atoms with van der Waals surface area (Å²) in [6, 6.07) is 18.8. The van der Waals surface area contributed by atoms with Crippen LogP contribution in [0.1, 0.15) is 35.9 Å². The van der Waals surface area contributed by atoms with E-state index in [4.69, 9.17) is 4.74 Å². The van der Waals surface area contributed by atoms with Gasteiger partial charge < -0.3 is 9.84 Å². The number of piperidine rings is 1. The molecule has 0 unspecified atom stereocenters. The van der Waals surface area contributed by atoms with E-state index in [1.807, 2.05) is 24.3 Å². The molecule has 122 valence electrons. The summed E-state index contributed by atoms with van der Waals surface area (Å²) < 4.78 is 5.36. The molecule has 1 saturated heterocycles. The number of ether oxygens (including phenoxy) is 1. The lowest BCUT2D eigenvalue weighted by molar-refractivity contribution is 0.0952. The van der Waals surface area contributed by atoms with Gasteiger partial charge in [-0.3, -0.25) is 4.90 Å². The summed E-state index contributed by atoms with van der Waals surface area (Å²) in [4.78, 5) is 2.42. The lowest BCUT2D eigenvalue weighted by Crippen LogP contribution is -2.38. The fourth-order valence-electron chi connectivity index (χ4n) is 3.56. The Balaban J connectivity index is 1.77. The number of nitrogens with zero attached hydrogens (tertiary/aromatic N) is 1. The van der Waals surface area contributed by atoms with Crippen LogP contribution in [0, 0.1) is 0 Å². The first kappa shape index (κ1) is 16.0. The highest BCUT2D eigenvalue weighted by Gasteiger charge is 2.27. The molecular weight excluding hydrogens is 286 g/mol. The quantitative estimate of drug-likeness (QED) is 0.915. The number of aliphatic hydroxyl groups excluding tert-OH is 1. The third-order valence-corrected chi connectivity index (χ3v) is 4.82. The molecule has 0 saturated carbocycles. The van der Waals surface area contributed by atoms with Crippen LogP contribution in [-0.2, 0) is 0 Å². The second-order valence-electron chi connectivity index (χ2n) is 6.22. The zero-order chi connectivity index (χ0) is 16.1. The predicted molar refractivity (Wildman–Crippen MR) is 92.8 cm³/mol. The molecule has 0 radical (unpaired) electrons. The maximum Gasteiger partial charge on any atom is 0.119 e. The van der Waals surface area contributed by atoms with Crippen molar-refractivity contribution in [1.82, 2.24) is 4.90 Å². The first-order chi connectivity index (χ1) is 11.3. The highest BCUT2D eigenvalue weighted by atomic mass is 16.5. The highest BCUT2D eigenvalue weighted by Crippen LogP contribution is 2.33. The zero-order valence-corrected chi connectivity index (χ0v) is 13.7. The minimum absolute atomic E-state index is 0.0876. The van der Waals surface area contributed by atoms with Crippen LogP contribution in [0.5, 0.6) is 5.75 Å². The van der Waals surface area contributed by atoms with Gasteiger partial charge in [0.1, 0.15) is 5.75 Å². The molecule has 3 heteroatoms. The van der Waals surface area contributed by atoms with Crippen molar-refractivity contribution in [1.29, 1.82) is 0 Å². The molecule has 1 aliphatic rings. The predicted octanol–water partition coefficient (Wildman–Crippen LogP) is 3.61. The maximum atomic E-state index is 9.91. The number of likely N-dealkylation sites (tertiary alicyclic amines) is 1. The van der Waals surface area contributed by atoms with Crippen LogP contribution in [-0.4, -0.2) is 36.8 Å². The Kier molecular flexibility index (Phi) is 5.31. The van der Waals surface area contributed by atoms with Crippen molar-refractivity contribution in [3.05, 3.63) is 65.7 Å². The number of hydrogen-bond acceptors (Lipinski definition) is 3.